The summed E-state index contributed by atoms with van der Waals surface area (Å²) in [5.41, 5.74) is 1.48. The van der Waals surface area contributed by atoms with Gasteiger partial charge in [-0.05, 0) is 28.1 Å². The van der Waals surface area contributed by atoms with E-state index in [2.05, 4.69) is 15.5 Å². The number of benzene rings is 2. The molecule has 0 saturated carbocycles. The van der Waals surface area contributed by atoms with E-state index in [1.165, 1.54) is 4.68 Å². The molecule has 0 aliphatic carbocycles. The minimum atomic E-state index is -3.35. The molecule has 112 valence electrons. The molecular formula is C15H14N4O2S. The van der Waals surface area contributed by atoms with Gasteiger partial charge in [-0.2, -0.15) is 4.68 Å². The zero-order valence-electron chi connectivity index (χ0n) is 11.7. The minimum Gasteiger partial charge on any atom is -0.228 e. The number of sulfone groups is 1. The van der Waals surface area contributed by atoms with Crippen LogP contribution in [0.4, 0.5) is 0 Å². The summed E-state index contributed by atoms with van der Waals surface area (Å²) in [5.74, 6) is 0.0707. The molecule has 1 aromatic heterocycles. The quantitative estimate of drug-likeness (QED) is 0.717. The van der Waals surface area contributed by atoms with Gasteiger partial charge < -0.3 is 0 Å². The van der Waals surface area contributed by atoms with Gasteiger partial charge in [0, 0.05) is 0 Å². The van der Waals surface area contributed by atoms with Gasteiger partial charge in [-0.3, -0.25) is 0 Å². The van der Waals surface area contributed by atoms with Crippen molar-refractivity contribution in [2.75, 3.05) is 0 Å². The SMILES string of the molecule is O=S(=O)(Cc1ccccc1)Cc1nnnn1-c1ccccc1. The summed E-state index contributed by atoms with van der Waals surface area (Å²) in [7, 11) is -3.35. The van der Waals surface area contributed by atoms with Gasteiger partial charge in [-0.15, -0.1) is 5.10 Å². The molecule has 2 aromatic carbocycles. The van der Waals surface area contributed by atoms with Gasteiger partial charge in [0.2, 0.25) is 0 Å². The van der Waals surface area contributed by atoms with Gasteiger partial charge in [-0.25, -0.2) is 8.42 Å². The van der Waals surface area contributed by atoms with Gasteiger partial charge in [-0.1, -0.05) is 48.5 Å². The smallest absolute Gasteiger partial charge is 0.171 e. The fraction of sp³-hybridized carbons (Fsp3) is 0.133. The first-order valence-electron chi connectivity index (χ1n) is 6.71. The van der Waals surface area contributed by atoms with Crippen LogP contribution in [0.1, 0.15) is 11.4 Å². The Morgan fingerprint density at radius 1 is 0.864 bits per heavy atom. The molecule has 0 aliphatic rings. The van der Waals surface area contributed by atoms with Crippen LogP contribution in [-0.2, 0) is 21.3 Å². The third kappa shape index (κ3) is 3.37. The van der Waals surface area contributed by atoms with Gasteiger partial charge in [0.15, 0.2) is 15.7 Å². The molecule has 0 aliphatic heterocycles. The molecule has 22 heavy (non-hydrogen) atoms. The molecule has 0 N–H and O–H groups in total. The molecule has 0 unspecified atom stereocenters. The van der Waals surface area contributed by atoms with Crippen LogP contribution in [-0.4, -0.2) is 28.6 Å². The molecular weight excluding hydrogens is 300 g/mol. The van der Waals surface area contributed by atoms with Crippen LogP contribution in [0, 0.1) is 0 Å². The van der Waals surface area contributed by atoms with Crippen LogP contribution in [0.25, 0.3) is 5.69 Å². The molecule has 3 rings (SSSR count). The number of hydrogen-bond donors (Lipinski definition) is 0. The first kappa shape index (κ1) is 14.4. The largest absolute Gasteiger partial charge is 0.228 e. The average molecular weight is 314 g/mol. The maximum atomic E-state index is 12.3. The molecule has 0 saturated heterocycles. The topological polar surface area (TPSA) is 77.7 Å². The lowest BCUT2D eigenvalue weighted by Gasteiger charge is -2.06. The van der Waals surface area contributed by atoms with E-state index in [0.29, 0.717) is 5.82 Å². The van der Waals surface area contributed by atoms with E-state index in [1.54, 1.807) is 12.1 Å². The molecule has 0 bridgehead atoms. The standard InChI is InChI=1S/C15H14N4O2S/c20-22(21,11-13-7-3-1-4-8-13)12-15-16-17-18-19(15)14-9-5-2-6-10-14/h1-10H,11-12H2. The third-order valence-electron chi connectivity index (χ3n) is 3.11. The van der Waals surface area contributed by atoms with Gasteiger partial charge in [0.05, 0.1) is 11.4 Å². The number of nitrogens with zero attached hydrogens (tertiary/aromatic N) is 4. The van der Waals surface area contributed by atoms with Crippen LogP contribution >= 0.6 is 0 Å². The molecule has 0 amide bonds. The number of para-hydroxylation sites is 1. The lowest BCUT2D eigenvalue weighted by atomic mass is 10.2. The fourth-order valence-electron chi connectivity index (χ4n) is 2.14. The van der Waals surface area contributed by atoms with E-state index in [0.717, 1.165) is 11.3 Å². The second-order valence-corrected chi connectivity index (χ2v) is 6.92. The van der Waals surface area contributed by atoms with Crippen LogP contribution < -0.4 is 0 Å². The maximum absolute atomic E-state index is 12.3. The second-order valence-electron chi connectivity index (χ2n) is 4.86. The van der Waals surface area contributed by atoms with Crippen molar-refractivity contribution in [3.05, 3.63) is 72.1 Å². The van der Waals surface area contributed by atoms with Crippen molar-refractivity contribution >= 4 is 9.84 Å². The number of rotatable bonds is 5. The summed E-state index contributed by atoms with van der Waals surface area (Å²) >= 11 is 0. The summed E-state index contributed by atoms with van der Waals surface area (Å²) < 4.78 is 26.1. The van der Waals surface area contributed by atoms with Crippen molar-refractivity contribution in [1.82, 2.24) is 20.2 Å². The highest BCUT2D eigenvalue weighted by Crippen LogP contribution is 2.13. The van der Waals surface area contributed by atoms with E-state index >= 15 is 0 Å². The van der Waals surface area contributed by atoms with Crippen LogP contribution in [0.3, 0.4) is 0 Å². The average Bonchev–Trinajstić information content (AvgIpc) is 2.96. The second kappa shape index (κ2) is 6.07. The van der Waals surface area contributed by atoms with Crippen molar-refractivity contribution in [1.29, 1.82) is 0 Å². The normalized spacial score (nSPS) is 11.5. The lowest BCUT2D eigenvalue weighted by Crippen LogP contribution is -2.12. The van der Waals surface area contributed by atoms with Crippen LogP contribution in [0.2, 0.25) is 0 Å². The van der Waals surface area contributed by atoms with Crippen molar-refractivity contribution in [2.24, 2.45) is 0 Å². The Balaban J connectivity index is 1.83. The van der Waals surface area contributed by atoms with Crippen LogP contribution in [0.5, 0.6) is 0 Å². The monoisotopic (exact) mass is 314 g/mol. The summed E-state index contributed by atoms with van der Waals surface area (Å²) in [4.78, 5) is 0. The fourth-order valence-corrected chi connectivity index (χ4v) is 3.52. The van der Waals surface area contributed by atoms with Crippen LogP contribution in [0.15, 0.2) is 60.7 Å². The molecule has 6 nitrogen and oxygen atoms in total. The van der Waals surface area contributed by atoms with Gasteiger partial charge in [0.25, 0.3) is 0 Å². The van der Waals surface area contributed by atoms with Crippen molar-refractivity contribution < 1.29 is 8.42 Å². The zero-order valence-corrected chi connectivity index (χ0v) is 12.5. The Labute approximate surface area is 128 Å². The number of hydrogen-bond acceptors (Lipinski definition) is 5. The summed E-state index contributed by atoms with van der Waals surface area (Å²) in [6, 6.07) is 18.3. The van der Waals surface area contributed by atoms with E-state index in [1.807, 2.05) is 48.5 Å². The molecule has 0 radical (unpaired) electrons. The zero-order chi connectivity index (χ0) is 15.4. The highest BCUT2D eigenvalue weighted by molar-refractivity contribution is 7.89. The molecule has 0 fully saturated rings. The highest BCUT2D eigenvalue weighted by Gasteiger charge is 2.18. The van der Waals surface area contributed by atoms with E-state index in [4.69, 9.17) is 0 Å². The van der Waals surface area contributed by atoms with Crippen molar-refractivity contribution in [3.63, 3.8) is 0 Å². The van der Waals surface area contributed by atoms with E-state index in [-0.39, 0.29) is 11.5 Å². The van der Waals surface area contributed by atoms with Gasteiger partial charge in [0.1, 0.15) is 5.75 Å². The van der Waals surface area contributed by atoms with Crippen molar-refractivity contribution in [3.8, 4) is 5.69 Å². The first-order valence-corrected chi connectivity index (χ1v) is 8.53. The van der Waals surface area contributed by atoms with Crippen molar-refractivity contribution in [2.45, 2.75) is 11.5 Å². The van der Waals surface area contributed by atoms with E-state index < -0.39 is 9.84 Å². The Bertz CT molecular complexity index is 846. The minimum absolute atomic E-state index is 0.0323. The molecule has 7 heteroatoms. The highest BCUT2D eigenvalue weighted by atomic mass is 32.2. The Kier molecular flexibility index (Phi) is 3.97. The molecule has 3 aromatic rings. The molecule has 0 atom stereocenters. The Morgan fingerprint density at radius 3 is 2.18 bits per heavy atom. The number of tetrazole rings is 1. The Hall–Kier alpha value is -2.54. The van der Waals surface area contributed by atoms with Gasteiger partial charge >= 0.3 is 0 Å². The maximum Gasteiger partial charge on any atom is 0.171 e. The third-order valence-corrected chi connectivity index (χ3v) is 4.58. The summed E-state index contributed by atoms with van der Waals surface area (Å²) in [6.07, 6.45) is 0. The first-order chi connectivity index (χ1) is 10.6. The summed E-state index contributed by atoms with van der Waals surface area (Å²) in [5, 5.41) is 11.3. The summed E-state index contributed by atoms with van der Waals surface area (Å²) in [6.45, 7) is 0. The molecule has 1 heterocycles. The predicted octanol–water partition coefficient (Wildman–Crippen LogP) is 1.78. The Morgan fingerprint density at radius 2 is 1.50 bits per heavy atom. The lowest BCUT2D eigenvalue weighted by molar-refractivity contribution is 0.592. The predicted molar refractivity (Wildman–Crippen MR) is 81.9 cm³/mol. The van der Waals surface area contributed by atoms with E-state index in [9.17, 15) is 8.42 Å². The molecule has 0 spiro atoms. The number of aromatic nitrogens is 4.